The van der Waals surface area contributed by atoms with Gasteiger partial charge in [-0.25, -0.2) is 0 Å². The molecule has 0 heterocycles. The SMILES string of the molecule is CNC(=O)C(CC(C)C)NC1CCC1. The van der Waals surface area contributed by atoms with Crippen LogP contribution in [0.5, 0.6) is 0 Å². The van der Waals surface area contributed by atoms with E-state index < -0.39 is 0 Å². The molecule has 3 nitrogen and oxygen atoms in total. The molecular weight excluding hydrogens is 176 g/mol. The van der Waals surface area contributed by atoms with Crippen molar-refractivity contribution < 1.29 is 4.79 Å². The molecule has 0 aromatic rings. The molecule has 82 valence electrons. The van der Waals surface area contributed by atoms with Crippen molar-refractivity contribution in [1.29, 1.82) is 0 Å². The molecule has 0 aliphatic heterocycles. The highest BCUT2D eigenvalue weighted by Crippen LogP contribution is 2.19. The van der Waals surface area contributed by atoms with Crippen molar-refractivity contribution >= 4 is 5.91 Å². The Labute approximate surface area is 86.6 Å². The lowest BCUT2D eigenvalue weighted by molar-refractivity contribution is -0.123. The first-order valence-electron chi connectivity index (χ1n) is 5.61. The van der Waals surface area contributed by atoms with Gasteiger partial charge in [-0.3, -0.25) is 4.79 Å². The van der Waals surface area contributed by atoms with E-state index in [0.29, 0.717) is 12.0 Å². The van der Waals surface area contributed by atoms with Crippen molar-refractivity contribution in [2.24, 2.45) is 5.92 Å². The van der Waals surface area contributed by atoms with Gasteiger partial charge in [0.2, 0.25) is 5.91 Å². The summed E-state index contributed by atoms with van der Waals surface area (Å²) in [6.45, 7) is 4.30. The van der Waals surface area contributed by atoms with E-state index in [1.165, 1.54) is 19.3 Å². The first kappa shape index (κ1) is 11.5. The van der Waals surface area contributed by atoms with E-state index in [4.69, 9.17) is 0 Å². The minimum atomic E-state index is 0.00491. The van der Waals surface area contributed by atoms with Crippen LogP contribution in [-0.4, -0.2) is 25.0 Å². The van der Waals surface area contributed by atoms with Crippen LogP contribution in [-0.2, 0) is 4.79 Å². The minimum absolute atomic E-state index is 0.00491. The van der Waals surface area contributed by atoms with Crippen LogP contribution in [0.4, 0.5) is 0 Å². The predicted octanol–water partition coefficient (Wildman–Crippen LogP) is 1.29. The third-order valence-corrected chi connectivity index (χ3v) is 2.81. The summed E-state index contributed by atoms with van der Waals surface area (Å²) < 4.78 is 0. The Balaban J connectivity index is 2.38. The quantitative estimate of drug-likeness (QED) is 0.699. The Bertz CT molecular complexity index is 188. The average Bonchev–Trinajstić information content (AvgIpc) is 2.07. The van der Waals surface area contributed by atoms with Gasteiger partial charge >= 0.3 is 0 Å². The van der Waals surface area contributed by atoms with Crippen LogP contribution in [0.1, 0.15) is 39.5 Å². The minimum Gasteiger partial charge on any atom is -0.358 e. The summed E-state index contributed by atoms with van der Waals surface area (Å²) in [5.74, 6) is 0.690. The Morgan fingerprint density at radius 3 is 2.43 bits per heavy atom. The maximum absolute atomic E-state index is 11.5. The fraction of sp³-hybridized carbons (Fsp3) is 0.909. The summed E-state index contributed by atoms with van der Waals surface area (Å²) in [5, 5.41) is 6.15. The number of hydrogen-bond acceptors (Lipinski definition) is 2. The molecule has 14 heavy (non-hydrogen) atoms. The molecule has 0 spiro atoms. The molecule has 1 amide bonds. The smallest absolute Gasteiger partial charge is 0.236 e. The monoisotopic (exact) mass is 198 g/mol. The molecule has 0 aromatic carbocycles. The summed E-state index contributed by atoms with van der Waals surface area (Å²) in [7, 11) is 1.71. The zero-order chi connectivity index (χ0) is 10.6. The zero-order valence-corrected chi connectivity index (χ0v) is 9.47. The molecule has 1 atom stereocenters. The van der Waals surface area contributed by atoms with Crippen molar-refractivity contribution in [2.75, 3.05) is 7.05 Å². The van der Waals surface area contributed by atoms with Crippen LogP contribution in [0, 0.1) is 5.92 Å². The first-order valence-corrected chi connectivity index (χ1v) is 5.61. The molecule has 0 aromatic heterocycles. The van der Waals surface area contributed by atoms with E-state index in [1.807, 2.05) is 0 Å². The van der Waals surface area contributed by atoms with Crippen molar-refractivity contribution in [3.05, 3.63) is 0 Å². The Morgan fingerprint density at radius 2 is 2.07 bits per heavy atom. The Morgan fingerprint density at radius 1 is 1.43 bits per heavy atom. The molecule has 0 bridgehead atoms. The Kier molecular flexibility index (Phi) is 4.39. The van der Waals surface area contributed by atoms with Gasteiger partial charge in [0.05, 0.1) is 6.04 Å². The molecule has 1 fully saturated rings. The molecule has 1 aliphatic rings. The van der Waals surface area contributed by atoms with Gasteiger partial charge in [0.1, 0.15) is 0 Å². The Hall–Kier alpha value is -0.570. The fourth-order valence-corrected chi connectivity index (χ4v) is 1.76. The second-order valence-electron chi connectivity index (χ2n) is 4.59. The first-order chi connectivity index (χ1) is 6.63. The van der Waals surface area contributed by atoms with Crippen LogP contribution in [0.2, 0.25) is 0 Å². The van der Waals surface area contributed by atoms with Crippen LogP contribution in [0.3, 0.4) is 0 Å². The van der Waals surface area contributed by atoms with Crippen molar-refractivity contribution in [3.8, 4) is 0 Å². The maximum atomic E-state index is 11.5. The van der Waals surface area contributed by atoms with Gasteiger partial charge in [0, 0.05) is 13.1 Å². The highest BCUT2D eigenvalue weighted by Gasteiger charge is 2.25. The van der Waals surface area contributed by atoms with Gasteiger partial charge < -0.3 is 10.6 Å². The van der Waals surface area contributed by atoms with Crippen molar-refractivity contribution in [2.45, 2.75) is 51.6 Å². The summed E-state index contributed by atoms with van der Waals surface area (Å²) in [6.07, 6.45) is 4.69. The third-order valence-electron chi connectivity index (χ3n) is 2.81. The van der Waals surface area contributed by atoms with Crippen molar-refractivity contribution in [3.63, 3.8) is 0 Å². The highest BCUT2D eigenvalue weighted by atomic mass is 16.2. The fourth-order valence-electron chi connectivity index (χ4n) is 1.76. The summed E-state index contributed by atoms with van der Waals surface area (Å²) in [6, 6.07) is 0.585. The average molecular weight is 198 g/mol. The van der Waals surface area contributed by atoms with Crippen LogP contribution < -0.4 is 10.6 Å². The lowest BCUT2D eigenvalue weighted by Crippen LogP contribution is -2.50. The molecule has 3 heteroatoms. The van der Waals surface area contributed by atoms with Gasteiger partial charge in [-0.05, 0) is 25.2 Å². The molecule has 1 unspecified atom stereocenters. The molecular formula is C11H22N2O. The van der Waals surface area contributed by atoms with E-state index in [-0.39, 0.29) is 11.9 Å². The highest BCUT2D eigenvalue weighted by molar-refractivity contribution is 5.81. The van der Waals surface area contributed by atoms with E-state index >= 15 is 0 Å². The van der Waals surface area contributed by atoms with E-state index in [0.717, 1.165) is 6.42 Å². The van der Waals surface area contributed by atoms with E-state index in [9.17, 15) is 4.79 Å². The molecule has 1 rings (SSSR count). The number of amides is 1. The molecule has 0 saturated heterocycles. The molecule has 1 saturated carbocycles. The second kappa shape index (κ2) is 5.35. The van der Waals surface area contributed by atoms with Crippen LogP contribution in [0.15, 0.2) is 0 Å². The predicted molar refractivity (Wildman–Crippen MR) is 58.1 cm³/mol. The molecule has 0 radical (unpaired) electrons. The van der Waals surface area contributed by atoms with Crippen molar-refractivity contribution in [1.82, 2.24) is 10.6 Å². The van der Waals surface area contributed by atoms with Gasteiger partial charge in [-0.2, -0.15) is 0 Å². The lowest BCUT2D eigenvalue weighted by atomic mass is 9.91. The number of likely N-dealkylation sites (N-methyl/N-ethyl adjacent to an activating group) is 1. The maximum Gasteiger partial charge on any atom is 0.236 e. The largest absolute Gasteiger partial charge is 0.358 e. The number of rotatable bonds is 5. The third kappa shape index (κ3) is 3.29. The number of carbonyl (C=O) groups excluding carboxylic acids is 1. The number of carbonyl (C=O) groups is 1. The molecule has 1 aliphatic carbocycles. The topological polar surface area (TPSA) is 41.1 Å². The van der Waals surface area contributed by atoms with E-state index in [1.54, 1.807) is 7.05 Å². The van der Waals surface area contributed by atoms with Gasteiger partial charge in [-0.1, -0.05) is 20.3 Å². The molecule has 2 N–H and O–H groups in total. The van der Waals surface area contributed by atoms with Gasteiger partial charge in [0.15, 0.2) is 0 Å². The van der Waals surface area contributed by atoms with Gasteiger partial charge in [0.25, 0.3) is 0 Å². The van der Waals surface area contributed by atoms with Gasteiger partial charge in [-0.15, -0.1) is 0 Å². The number of hydrogen-bond donors (Lipinski definition) is 2. The van der Waals surface area contributed by atoms with Crippen LogP contribution in [0.25, 0.3) is 0 Å². The summed E-state index contributed by atoms with van der Waals surface area (Å²) >= 11 is 0. The standard InChI is InChI=1S/C11H22N2O/c1-8(2)7-10(11(14)12-3)13-9-5-4-6-9/h8-10,13H,4-7H2,1-3H3,(H,12,14). The zero-order valence-electron chi connectivity index (χ0n) is 9.47. The lowest BCUT2D eigenvalue weighted by Gasteiger charge is -2.31. The second-order valence-corrected chi connectivity index (χ2v) is 4.59. The summed E-state index contributed by atoms with van der Waals surface area (Å²) in [5.41, 5.74) is 0. The van der Waals surface area contributed by atoms with Crippen LogP contribution >= 0.6 is 0 Å². The normalized spacial score (nSPS) is 19.1. The number of nitrogens with one attached hydrogen (secondary N) is 2. The van der Waals surface area contributed by atoms with E-state index in [2.05, 4.69) is 24.5 Å². The summed E-state index contributed by atoms with van der Waals surface area (Å²) in [4.78, 5) is 11.5.